The second-order valence-electron chi connectivity index (χ2n) is 4.52. The van der Waals surface area contributed by atoms with Crippen molar-refractivity contribution in [3.63, 3.8) is 0 Å². The second-order valence-corrected chi connectivity index (χ2v) is 7.51. The quantitative estimate of drug-likeness (QED) is 0.591. The maximum absolute atomic E-state index is 12.3. The smallest absolute Gasteiger partial charge is 0.304 e. The minimum absolute atomic E-state index is 0.106. The van der Waals surface area contributed by atoms with Gasteiger partial charge in [0.25, 0.3) is 10.0 Å². The molecule has 9 heteroatoms. The van der Waals surface area contributed by atoms with E-state index in [1.807, 2.05) is 20.8 Å². The molecule has 114 valence electrons. The Bertz CT molecular complexity index is 583. The molecule has 0 aliphatic heterocycles. The van der Waals surface area contributed by atoms with E-state index >= 15 is 0 Å². The van der Waals surface area contributed by atoms with Crippen molar-refractivity contribution in [2.24, 2.45) is 0 Å². The van der Waals surface area contributed by atoms with E-state index in [9.17, 15) is 18.5 Å². The van der Waals surface area contributed by atoms with E-state index < -0.39 is 20.5 Å². The summed E-state index contributed by atoms with van der Waals surface area (Å²) in [5, 5.41) is 10.6. The van der Waals surface area contributed by atoms with Gasteiger partial charge in [-0.25, -0.2) is 13.1 Å². The number of hydrogen-bond donors (Lipinski definition) is 2. The molecule has 0 saturated carbocycles. The fraction of sp³-hybridized carbons (Fsp3) is 0.636. The topological polar surface area (TPSA) is 115 Å². The van der Waals surface area contributed by atoms with Crippen LogP contribution in [0.15, 0.2) is 10.3 Å². The Labute approximate surface area is 122 Å². The van der Waals surface area contributed by atoms with Gasteiger partial charge in [0.1, 0.15) is 4.21 Å². The molecule has 0 fully saturated rings. The van der Waals surface area contributed by atoms with E-state index in [1.165, 1.54) is 0 Å². The lowest BCUT2D eigenvalue weighted by atomic mass is 9.91. The summed E-state index contributed by atoms with van der Waals surface area (Å²) >= 11 is 0.707. The van der Waals surface area contributed by atoms with Crippen LogP contribution in [0.25, 0.3) is 0 Å². The zero-order valence-electron chi connectivity index (χ0n) is 11.7. The predicted molar refractivity (Wildman–Crippen MR) is 79.3 cm³/mol. The van der Waals surface area contributed by atoms with Crippen LogP contribution >= 0.6 is 11.3 Å². The van der Waals surface area contributed by atoms with E-state index in [0.717, 1.165) is 6.07 Å². The van der Waals surface area contributed by atoms with Gasteiger partial charge in [0, 0.05) is 11.6 Å². The van der Waals surface area contributed by atoms with Gasteiger partial charge in [-0.2, -0.15) is 0 Å². The Kier molecular flexibility index (Phi) is 5.11. The van der Waals surface area contributed by atoms with Crippen molar-refractivity contribution < 1.29 is 13.3 Å². The first-order chi connectivity index (χ1) is 9.21. The summed E-state index contributed by atoms with van der Waals surface area (Å²) < 4.78 is 27.2. The SMILES string of the molecule is CCC(CC)(CC)NS(=O)(=O)c1cc([N+](=O)[O-])c(N)s1. The molecule has 0 aromatic carbocycles. The second kappa shape index (κ2) is 6.06. The highest BCUT2D eigenvalue weighted by Crippen LogP contribution is 2.35. The van der Waals surface area contributed by atoms with Gasteiger partial charge in [-0.1, -0.05) is 32.1 Å². The van der Waals surface area contributed by atoms with Crippen LogP contribution < -0.4 is 10.5 Å². The lowest BCUT2D eigenvalue weighted by Crippen LogP contribution is -2.46. The highest BCUT2D eigenvalue weighted by Gasteiger charge is 2.33. The number of nitrogens with zero attached hydrogens (tertiary/aromatic N) is 1. The molecule has 0 saturated heterocycles. The average Bonchev–Trinajstić information content (AvgIpc) is 2.79. The molecule has 1 rings (SSSR count). The number of sulfonamides is 1. The number of thiophene rings is 1. The van der Waals surface area contributed by atoms with Crippen LogP contribution in [-0.2, 0) is 10.0 Å². The number of nitro groups is 1. The minimum atomic E-state index is -3.81. The van der Waals surface area contributed by atoms with Crippen molar-refractivity contribution >= 4 is 32.0 Å². The number of nitrogen functional groups attached to an aromatic ring is 1. The molecule has 0 aliphatic carbocycles. The third-order valence-electron chi connectivity index (χ3n) is 3.56. The van der Waals surface area contributed by atoms with E-state index in [1.54, 1.807) is 0 Å². The molecule has 0 radical (unpaired) electrons. The van der Waals surface area contributed by atoms with Crippen LogP contribution in [0.2, 0.25) is 0 Å². The summed E-state index contributed by atoms with van der Waals surface area (Å²) in [4.78, 5) is 10.0. The zero-order valence-corrected chi connectivity index (χ0v) is 13.3. The minimum Gasteiger partial charge on any atom is -0.385 e. The van der Waals surface area contributed by atoms with Crippen molar-refractivity contribution in [3.05, 3.63) is 16.2 Å². The van der Waals surface area contributed by atoms with E-state index in [-0.39, 0.29) is 14.9 Å². The monoisotopic (exact) mass is 321 g/mol. The molecule has 0 atom stereocenters. The molecule has 0 bridgehead atoms. The van der Waals surface area contributed by atoms with Crippen LogP contribution in [0.5, 0.6) is 0 Å². The molecule has 20 heavy (non-hydrogen) atoms. The summed E-state index contributed by atoms with van der Waals surface area (Å²) in [7, 11) is -3.81. The third-order valence-corrected chi connectivity index (χ3v) is 6.57. The van der Waals surface area contributed by atoms with Crippen LogP contribution in [0.4, 0.5) is 10.7 Å². The van der Waals surface area contributed by atoms with Crippen molar-refractivity contribution in [2.45, 2.75) is 49.8 Å². The first-order valence-electron chi connectivity index (χ1n) is 6.29. The number of nitrogens with one attached hydrogen (secondary N) is 1. The lowest BCUT2D eigenvalue weighted by molar-refractivity contribution is -0.383. The Morgan fingerprint density at radius 2 is 1.85 bits per heavy atom. The number of hydrogen-bond acceptors (Lipinski definition) is 6. The lowest BCUT2D eigenvalue weighted by Gasteiger charge is -2.30. The molecule has 1 aromatic rings. The normalized spacial score (nSPS) is 12.6. The Morgan fingerprint density at radius 1 is 1.35 bits per heavy atom. The number of anilines is 1. The van der Waals surface area contributed by atoms with E-state index in [2.05, 4.69) is 4.72 Å². The van der Waals surface area contributed by atoms with Gasteiger partial charge in [0.05, 0.1) is 4.92 Å². The fourth-order valence-electron chi connectivity index (χ4n) is 1.95. The van der Waals surface area contributed by atoms with Crippen molar-refractivity contribution in [2.75, 3.05) is 5.73 Å². The van der Waals surface area contributed by atoms with Gasteiger partial charge in [-0.05, 0) is 19.3 Å². The van der Waals surface area contributed by atoms with Crippen molar-refractivity contribution in [3.8, 4) is 0 Å². The first kappa shape index (κ1) is 16.9. The Hall–Kier alpha value is -1.19. The third kappa shape index (κ3) is 3.28. The van der Waals surface area contributed by atoms with E-state index in [4.69, 9.17) is 5.73 Å². The average molecular weight is 321 g/mol. The molecule has 0 unspecified atom stereocenters. The molecular formula is C11H19N3O4S2. The maximum atomic E-state index is 12.3. The zero-order chi connectivity index (χ0) is 15.6. The molecule has 7 nitrogen and oxygen atoms in total. The van der Waals surface area contributed by atoms with Gasteiger partial charge >= 0.3 is 5.69 Å². The van der Waals surface area contributed by atoms with Crippen molar-refractivity contribution in [1.29, 1.82) is 0 Å². The fourth-order valence-corrected chi connectivity index (χ4v) is 4.78. The molecule has 1 aromatic heterocycles. The first-order valence-corrected chi connectivity index (χ1v) is 8.59. The molecule has 0 aliphatic rings. The molecule has 0 spiro atoms. The summed E-state index contributed by atoms with van der Waals surface area (Å²) in [6, 6.07) is 1.01. The Balaban J connectivity index is 3.17. The highest BCUT2D eigenvalue weighted by atomic mass is 32.2. The molecular weight excluding hydrogens is 302 g/mol. The standard InChI is InChI=1S/C11H19N3O4S2/c1-4-11(5-2,6-3)13-20(17,18)9-7-8(14(15)16)10(12)19-9/h7,13H,4-6,12H2,1-3H3. The molecule has 3 N–H and O–H groups in total. The number of rotatable bonds is 7. The molecule has 0 amide bonds. The largest absolute Gasteiger partial charge is 0.385 e. The van der Waals surface area contributed by atoms with Crippen molar-refractivity contribution in [1.82, 2.24) is 4.72 Å². The van der Waals surface area contributed by atoms with Crippen LogP contribution in [0.3, 0.4) is 0 Å². The van der Waals surface area contributed by atoms with Gasteiger partial charge in [-0.15, -0.1) is 0 Å². The Morgan fingerprint density at radius 3 is 2.20 bits per heavy atom. The summed E-state index contributed by atoms with van der Waals surface area (Å²) in [5.74, 6) is 0. The summed E-state index contributed by atoms with van der Waals surface area (Å²) in [6.45, 7) is 5.71. The summed E-state index contributed by atoms with van der Waals surface area (Å²) in [6.07, 6.45) is 1.92. The number of nitrogens with two attached hydrogens (primary N) is 1. The molecule has 1 heterocycles. The van der Waals surface area contributed by atoms with Gasteiger partial charge in [0.2, 0.25) is 0 Å². The van der Waals surface area contributed by atoms with Crippen LogP contribution in [0.1, 0.15) is 40.0 Å². The maximum Gasteiger partial charge on any atom is 0.304 e. The predicted octanol–water partition coefficient (Wildman–Crippen LogP) is 2.49. The highest BCUT2D eigenvalue weighted by molar-refractivity contribution is 7.91. The summed E-state index contributed by atoms with van der Waals surface area (Å²) in [5.41, 5.74) is 4.58. The van der Waals surface area contributed by atoms with Gasteiger partial charge in [0.15, 0.2) is 5.00 Å². The van der Waals surface area contributed by atoms with Gasteiger partial charge < -0.3 is 5.73 Å². The van der Waals surface area contributed by atoms with Crippen LogP contribution in [0, 0.1) is 10.1 Å². The van der Waals surface area contributed by atoms with Gasteiger partial charge in [-0.3, -0.25) is 10.1 Å². The van der Waals surface area contributed by atoms with E-state index in [0.29, 0.717) is 30.6 Å². The van der Waals surface area contributed by atoms with Crippen LogP contribution in [-0.4, -0.2) is 18.9 Å².